The number of ether oxygens (including phenoxy) is 2. The molecule has 0 aromatic heterocycles. The van der Waals surface area contributed by atoms with Gasteiger partial charge in [0.05, 0.1) is 25.4 Å². The lowest BCUT2D eigenvalue weighted by atomic mass is 10.2. The van der Waals surface area contributed by atoms with E-state index in [2.05, 4.69) is 18.7 Å². The zero-order valence-electron chi connectivity index (χ0n) is 7.82. The summed E-state index contributed by atoms with van der Waals surface area (Å²) in [5.41, 5.74) is 0. The Bertz CT molecular complexity index is 157. The van der Waals surface area contributed by atoms with Gasteiger partial charge in [-0.2, -0.15) is 0 Å². The van der Waals surface area contributed by atoms with Crippen LogP contribution in [0.25, 0.3) is 0 Å². The maximum atomic E-state index is 5.54. The highest BCUT2D eigenvalue weighted by Gasteiger charge is 2.30. The number of hydrogen-bond donors (Lipinski definition) is 0. The predicted molar refractivity (Wildman–Crippen MR) is 46.2 cm³/mol. The lowest BCUT2D eigenvalue weighted by molar-refractivity contribution is -0.0509. The van der Waals surface area contributed by atoms with E-state index in [1.807, 2.05) is 0 Å². The Hall–Kier alpha value is -0.120. The molecule has 3 nitrogen and oxygen atoms in total. The van der Waals surface area contributed by atoms with Gasteiger partial charge in [0, 0.05) is 19.1 Å². The minimum absolute atomic E-state index is 0.389. The molecule has 0 aromatic rings. The summed E-state index contributed by atoms with van der Waals surface area (Å²) in [6.07, 6.45) is 0.901. The summed E-state index contributed by atoms with van der Waals surface area (Å²) in [5.74, 6) is 0. The van der Waals surface area contributed by atoms with Gasteiger partial charge in [-0.05, 0) is 13.8 Å². The monoisotopic (exact) mass is 171 g/mol. The molecular formula is C9H17NO2. The fourth-order valence-electron chi connectivity index (χ4n) is 1.66. The second kappa shape index (κ2) is 3.32. The molecule has 2 fully saturated rings. The molecule has 2 aliphatic rings. The van der Waals surface area contributed by atoms with Crippen LogP contribution in [0.5, 0.6) is 0 Å². The lowest BCUT2D eigenvalue weighted by Gasteiger charge is -2.36. The van der Waals surface area contributed by atoms with Crippen LogP contribution in [0.2, 0.25) is 0 Å². The van der Waals surface area contributed by atoms with Crippen LogP contribution in [0.15, 0.2) is 0 Å². The zero-order valence-corrected chi connectivity index (χ0v) is 7.82. The smallest absolute Gasteiger partial charge is 0.0936 e. The van der Waals surface area contributed by atoms with Crippen molar-refractivity contribution in [1.29, 1.82) is 0 Å². The molecule has 0 N–H and O–H groups in total. The van der Waals surface area contributed by atoms with Gasteiger partial charge in [0.25, 0.3) is 0 Å². The molecule has 2 saturated heterocycles. The van der Waals surface area contributed by atoms with Gasteiger partial charge in [-0.1, -0.05) is 0 Å². The van der Waals surface area contributed by atoms with Crippen LogP contribution in [0, 0.1) is 0 Å². The quantitative estimate of drug-likeness (QED) is 0.565. The fraction of sp³-hybridized carbons (Fsp3) is 1.00. The van der Waals surface area contributed by atoms with Gasteiger partial charge >= 0.3 is 0 Å². The van der Waals surface area contributed by atoms with Crippen LogP contribution >= 0.6 is 0 Å². The predicted octanol–water partition coefficient (Wildman–Crippen LogP) is 0.494. The molecule has 3 unspecified atom stereocenters. The topological polar surface area (TPSA) is 25.0 Å². The number of morpholine rings is 1. The molecular weight excluding hydrogens is 154 g/mol. The summed E-state index contributed by atoms with van der Waals surface area (Å²) in [6, 6.07) is 0.561. The van der Waals surface area contributed by atoms with Crippen molar-refractivity contribution >= 4 is 0 Å². The van der Waals surface area contributed by atoms with Crippen molar-refractivity contribution in [2.24, 2.45) is 0 Å². The maximum Gasteiger partial charge on any atom is 0.0936 e. The first kappa shape index (κ1) is 8.48. The molecule has 0 radical (unpaired) electrons. The third-order valence-electron chi connectivity index (χ3n) is 2.58. The summed E-state index contributed by atoms with van der Waals surface area (Å²) in [5, 5.41) is 0. The summed E-state index contributed by atoms with van der Waals surface area (Å²) >= 11 is 0. The average molecular weight is 171 g/mol. The lowest BCUT2D eigenvalue weighted by Crippen LogP contribution is -2.48. The van der Waals surface area contributed by atoms with Crippen LogP contribution in [0.3, 0.4) is 0 Å². The van der Waals surface area contributed by atoms with E-state index < -0.39 is 0 Å². The minimum Gasteiger partial charge on any atom is -0.376 e. The average Bonchev–Trinajstić information content (AvgIpc) is 2.81. The molecule has 2 rings (SSSR count). The highest BCUT2D eigenvalue weighted by molar-refractivity contribution is 4.81. The molecule has 0 aliphatic carbocycles. The molecule has 12 heavy (non-hydrogen) atoms. The standard InChI is InChI=1S/C9H17NO2/c1-7-5-11-8(2)3-10(7)4-9-6-12-9/h7-9H,3-6H2,1-2H3. The highest BCUT2D eigenvalue weighted by atomic mass is 16.6. The minimum atomic E-state index is 0.389. The van der Waals surface area contributed by atoms with Crippen molar-refractivity contribution in [2.75, 3.05) is 26.3 Å². The van der Waals surface area contributed by atoms with Crippen LogP contribution in [0.1, 0.15) is 13.8 Å². The molecule has 2 heterocycles. The van der Waals surface area contributed by atoms with Gasteiger partial charge in [-0.15, -0.1) is 0 Å². The van der Waals surface area contributed by atoms with Crippen molar-refractivity contribution in [1.82, 2.24) is 4.90 Å². The molecule has 2 aliphatic heterocycles. The van der Waals surface area contributed by atoms with E-state index in [1.54, 1.807) is 0 Å². The molecule has 3 atom stereocenters. The summed E-state index contributed by atoms with van der Waals surface area (Å²) in [4.78, 5) is 2.46. The molecule has 0 amide bonds. The first-order valence-electron chi connectivity index (χ1n) is 4.73. The number of rotatable bonds is 2. The Morgan fingerprint density at radius 2 is 2.00 bits per heavy atom. The van der Waals surface area contributed by atoms with Crippen molar-refractivity contribution < 1.29 is 9.47 Å². The van der Waals surface area contributed by atoms with Crippen molar-refractivity contribution in [3.8, 4) is 0 Å². The highest BCUT2D eigenvalue weighted by Crippen LogP contribution is 2.16. The second-order valence-corrected chi connectivity index (χ2v) is 3.90. The molecule has 0 spiro atoms. The maximum absolute atomic E-state index is 5.54. The molecule has 0 bridgehead atoms. The SMILES string of the molecule is CC1CN(CC2CO2)C(C)CO1. The third-order valence-corrected chi connectivity index (χ3v) is 2.58. The molecule has 0 saturated carbocycles. The Morgan fingerprint density at radius 3 is 2.67 bits per heavy atom. The van der Waals surface area contributed by atoms with Gasteiger partial charge in [0.1, 0.15) is 0 Å². The zero-order chi connectivity index (χ0) is 8.55. The van der Waals surface area contributed by atoms with Crippen molar-refractivity contribution in [2.45, 2.75) is 32.1 Å². The van der Waals surface area contributed by atoms with E-state index in [1.165, 1.54) is 0 Å². The van der Waals surface area contributed by atoms with Gasteiger partial charge in [0.15, 0.2) is 0 Å². The van der Waals surface area contributed by atoms with E-state index in [9.17, 15) is 0 Å². The Kier molecular flexibility index (Phi) is 2.35. The fourth-order valence-corrected chi connectivity index (χ4v) is 1.66. The largest absolute Gasteiger partial charge is 0.376 e. The van der Waals surface area contributed by atoms with E-state index in [0.29, 0.717) is 18.2 Å². The number of hydrogen-bond acceptors (Lipinski definition) is 3. The van der Waals surface area contributed by atoms with E-state index >= 15 is 0 Å². The number of epoxide rings is 1. The van der Waals surface area contributed by atoms with Crippen LogP contribution < -0.4 is 0 Å². The van der Waals surface area contributed by atoms with Gasteiger partial charge < -0.3 is 9.47 Å². The first-order valence-corrected chi connectivity index (χ1v) is 4.73. The van der Waals surface area contributed by atoms with E-state index in [-0.39, 0.29) is 0 Å². The Morgan fingerprint density at radius 1 is 1.25 bits per heavy atom. The van der Waals surface area contributed by atoms with Crippen molar-refractivity contribution in [3.63, 3.8) is 0 Å². The third kappa shape index (κ3) is 1.97. The number of nitrogens with zero attached hydrogens (tertiary/aromatic N) is 1. The van der Waals surface area contributed by atoms with Crippen molar-refractivity contribution in [3.05, 3.63) is 0 Å². The van der Waals surface area contributed by atoms with Crippen LogP contribution in [-0.2, 0) is 9.47 Å². The van der Waals surface area contributed by atoms with E-state index in [0.717, 1.165) is 26.3 Å². The summed E-state index contributed by atoms with van der Waals surface area (Å²) in [6.45, 7) is 8.32. The normalized spacial score (nSPS) is 43.0. The first-order chi connectivity index (χ1) is 5.75. The molecule has 3 heteroatoms. The summed E-state index contributed by atoms with van der Waals surface area (Å²) < 4.78 is 10.8. The molecule has 0 aromatic carbocycles. The van der Waals surface area contributed by atoms with Gasteiger partial charge in [-0.25, -0.2) is 0 Å². The Balaban J connectivity index is 1.82. The second-order valence-electron chi connectivity index (χ2n) is 3.90. The van der Waals surface area contributed by atoms with E-state index in [4.69, 9.17) is 9.47 Å². The van der Waals surface area contributed by atoms with Crippen LogP contribution in [0.4, 0.5) is 0 Å². The Labute approximate surface area is 73.6 Å². The molecule has 70 valence electrons. The summed E-state index contributed by atoms with van der Waals surface area (Å²) in [7, 11) is 0. The van der Waals surface area contributed by atoms with Crippen LogP contribution in [-0.4, -0.2) is 49.5 Å². The van der Waals surface area contributed by atoms with Gasteiger partial charge in [0.2, 0.25) is 0 Å². The van der Waals surface area contributed by atoms with Gasteiger partial charge in [-0.3, -0.25) is 4.90 Å².